The second-order valence-electron chi connectivity index (χ2n) is 7.59. The summed E-state index contributed by atoms with van der Waals surface area (Å²) in [6.45, 7) is 0.240. The Morgan fingerprint density at radius 2 is 1.82 bits per heavy atom. The number of nitrogens with zero attached hydrogens (tertiary/aromatic N) is 5. The number of fused-ring (bicyclic) bond motifs is 3. The minimum atomic E-state index is -0.769. The van der Waals surface area contributed by atoms with Crippen LogP contribution in [-0.2, 0) is 16.1 Å². The lowest BCUT2D eigenvalue weighted by atomic mass is 10.1. The smallest absolute Gasteiger partial charge is 0.269 e. The van der Waals surface area contributed by atoms with E-state index in [9.17, 15) is 19.7 Å². The van der Waals surface area contributed by atoms with E-state index in [-0.39, 0.29) is 30.5 Å². The predicted molar refractivity (Wildman–Crippen MR) is 121 cm³/mol. The van der Waals surface area contributed by atoms with Gasteiger partial charge in [-0.2, -0.15) is 0 Å². The molecule has 2 aromatic carbocycles. The van der Waals surface area contributed by atoms with Gasteiger partial charge >= 0.3 is 0 Å². The lowest BCUT2D eigenvalue weighted by Crippen LogP contribution is -2.31. The second-order valence-corrected chi connectivity index (χ2v) is 7.59. The molecule has 1 atom stereocenters. The molecule has 10 heteroatoms. The Balaban J connectivity index is 1.43. The number of nitro benzene ring substituents is 1. The van der Waals surface area contributed by atoms with E-state index in [2.05, 4.69) is 15.3 Å². The van der Waals surface area contributed by atoms with Gasteiger partial charge < -0.3 is 5.32 Å². The van der Waals surface area contributed by atoms with Crippen LogP contribution in [0, 0.1) is 10.1 Å². The van der Waals surface area contributed by atoms with Crippen molar-refractivity contribution in [2.45, 2.75) is 19.0 Å². The molecule has 2 aromatic heterocycles. The number of carbonyl (C=O) groups is 2. The molecule has 5 rings (SSSR count). The third-order valence-corrected chi connectivity index (χ3v) is 5.47. The second kappa shape index (κ2) is 8.15. The fraction of sp³-hybridized carbons (Fsp3) is 0.130. The highest BCUT2D eigenvalue weighted by Crippen LogP contribution is 2.37. The predicted octanol–water partition coefficient (Wildman–Crippen LogP) is 3.46. The molecule has 3 heterocycles. The number of aromatic nitrogens is 3. The van der Waals surface area contributed by atoms with Gasteiger partial charge in [-0.05, 0) is 36.4 Å². The van der Waals surface area contributed by atoms with E-state index >= 15 is 0 Å². The van der Waals surface area contributed by atoms with Crippen LogP contribution < -0.4 is 10.2 Å². The summed E-state index contributed by atoms with van der Waals surface area (Å²) >= 11 is 0. The fourth-order valence-electron chi connectivity index (χ4n) is 3.95. The highest BCUT2D eigenvalue weighted by Gasteiger charge is 2.41. The fourth-order valence-corrected chi connectivity index (χ4v) is 3.95. The number of pyridine rings is 1. The van der Waals surface area contributed by atoms with Crippen LogP contribution in [0.25, 0.3) is 11.0 Å². The number of hydrogen-bond donors (Lipinski definition) is 1. The van der Waals surface area contributed by atoms with Crippen molar-refractivity contribution in [3.05, 3.63) is 88.7 Å². The summed E-state index contributed by atoms with van der Waals surface area (Å²) in [6.07, 6.45) is 1.55. The number of nitro groups is 1. The maximum Gasteiger partial charge on any atom is 0.269 e. The zero-order valence-electron chi connectivity index (χ0n) is 17.3. The Hall–Kier alpha value is -4.60. The quantitative estimate of drug-likeness (QED) is 0.360. The monoisotopic (exact) mass is 442 g/mol. The maximum atomic E-state index is 13.4. The van der Waals surface area contributed by atoms with Gasteiger partial charge in [0.25, 0.3) is 11.6 Å². The van der Waals surface area contributed by atoms with Gasteiger partial charge in [0.05, 0.1) is 34.6 Å². The lowest BCUT2D eigenvalue weighted by Gasteiger charge is -2.15. The van der Waals surface area contributed by atoms with E-state index in [0.29, 0.717) is 17.3 Å². The van der Waals surface area contributed by atoms with Crippen LogP contribution >= 0.6 is 0 Å². The summed E-state index contributed by atoms with van der Waals surface area (Å²) in [4.78, 5) is 47.0. The molecule has 0 bridgehead atoms. The Morgan fingerprint density at radius 3 is 2.55 bits per heavy atom. The van der Waals surface area contributed by atoms with Crippen molar-refractivity contribution in [3.8, 4) is 0 Å². The summed E-state index contributed by atoms with van der Waals surface area (Å²) in [6, 6.07) is 17.7. The first kappa shape index (κ1) is 20.3. The Labute approximate surface area is 187 Å². The molecular weight excluding hydrogens is 424 g/mol. The minimum Gasteiger partial charge on any atom is -0.326 e. The topological polar surface area (TPSA) is 123 Å². The van der Waals surface area contributed by atoms with Gasteiger partial charge in [0.1, 0.15) is 6.04 Å². The number of nitrogens with one attached hydrogen (secondary N) is 1. The average molecular weight is 442 g/mol. The Bertz CT molecular complexity index is 1370. The number of imidazole rings is 1. The number of amides is 2. The van der Waals surface area contributed by atoms with Crippen LogP contribution in [0.15, 0.2) is 72.9 Å². The van der Waals surface area contributed by atoms with E-state index in [1.54, 1.807) is 21.7 Å². The van der Waals surface area contributed by atoms with Crippen molar-refractivity contribution >= 4 is 40.2 Å². The van der Waals surface area contributed by atoms with E-state index in [1.807, 2.05) is 36.4 Å². The SMILES string of the molecule is O=C(CC1C(=O)N(Cc2ccccn2)c2nc3ccccc3n21)Nc1ccc([N+](=O)[O-])cc1. The molecule has 1 unspecified atom stereocenters. The van der Waals surface area contributed by atoms with Gasteiger partial charge in [0, 0.05) is 24.0 Å². The standard InChI is InChI=1S/C23H18N6O4/c30-21(25-15-8-10-17(11-9-15)29(32)33)13-20-22(31)27(14-16-5-3-4-12-24-16)23-26-18-6-1-2-7-19(18)28(20)23/h1-12,20H,13-14H2,(H,25,30). The molecule has 1 aliphatic rings. The molecule has 0 saturated heterocycles. The van der Waals surface area contributed by atoms with Crippen LogP contribution in [0.5, 0.6) is 0 Å². The van der Waals surface area contributed by atoms with Crippen LogP contribution in [0.2, 0.25) is 0 Å². The van der Waals surface area contributed by atoms with Crippen molar-refractivity contribution in [3.63, 3.8) is 0 Å². The third-order valence-electron chi connectivity index (χ3n) is 5.47. The summed E-state index contributed by atoms with van der Waals surface area (Å²) < 4.78 is 1.79. The highest BCUT2D eigenvalue weighted by molar-refractivity contribution is 6.05. The average Bonchev–Trinajstić information content (AvgIpc) is 3.31. The first-order valence-electron chi connectivity index (χ1n) is 10.2. The van der Waals surface area contributed by atoms with E-state index < -0.39 is 11.0 Å². The van der Waals surface area contributed by atoms with Crippen molar-refractivity contribution in [2.24, 2.45) is 0 Å². The molecule has 0 saturated carbocycles. The molecule has 164 valence electrons. The van der Waals surface area contributed by atoms with Crippen LogP contribution in [0.3, 0.4) is 0 Å². The van der Waals surface area contributed by atoms with Gasteiger partial charge in [0.2, 0.25) is 11.9 Å². The van der Waals surface area contributed by atoms with Crippen molar-refractivity contribution < 1.29 is 14.5 Å². The molecule has 0 spiro atoms. The number of benzene rings is 2. The van der Waals surface area contributed by atoms with Gasteiger partial charge in [-0.1, -0.05) is 18.2 Å². The molecule has 1 N–H and O–H groups in total. The van der Waals surface area contributed by atoms with Crippen LogP contribution in [-0.4, -0.2) is 31.3 Å². The molecule has 0 radical (unpaired) electrons. The summed E-state index contributed by atoms with van der Waals surface area (Å²) in [7, 11) is 0. The van der Waals surface area contributed by atoms with Crippen molar-refractivity contribution in [2.75, 3.05) is 10.2 Å². The molecule has 4 aromatic rings. The Morgan fingerprint density at radius 1 is 1.06 bits per heavy atom. The van der Waals surface area contributed by atoms with Gasteiger partial charge in [-0.3, -0.25) is 34.2 Å². The zero-order valence-corrected chi connectivity index (χ0v) is 17.3. The maximum absolute atomic E-state index is 13.4. The highest BCUT2D eigenvalue weighted by atomic mass is 16.6. The first-order chi connectivity index (χ1) is 16.0. The largest absolute Gasteiger partial charge is 0.326 e. The van der Waals surface area contributed by atoms with E-state index in [1.165, 1.54) is 24.3 Å². The Kier molecular flexibility index (Phi) is 5.02. The number of hydrogen-bond acceptors (Lipinski definition) is 6. The van der Waals surface area contributed by atoms with Gasteiger partial charge in [-0.25, -0.2) is 4.98 Å². The summed E-state index contributed by atoms with van der Waals surface area (Å²) in [5, 5.41) is 13.5. The first-order valence-corrected chi connectivity index (χ1v) is 10.2. The molecule has 0 fully saturated rings. The molecule has 33 heavy (non-hydrogen) atoms. The van der Waals surface area contributed by atoms with E-state index in [4.69, 9.17) is 0 Å². The molecule has 0 aliphatic carbocycles. The zero-order chi connectivity index (χ0) is 22.9. The minimum absolute atomic E-state index is 0.0707. The van der Waals surface area contributed by atoms with Gasteiger partial charge in [-0.15, -0.1) is 0 Å². The molecular formula is C23H18N6O4. The normalized spacial score (nSPS) is 15.0. The number of anilines is 2. The van der Waals surface area contributed by atoms with Gasteiger partial charge in [0.15, 0.2) is 0 Å². The number of para-hydroxylation sites is 2. The number of carbonyl (C=O) groups excluding carboxylic acids is 2. The van der Waals surface area contributed by atoms with Crippen LogP contribution in [0.1, 0.15) is 18.2 Å². The molecule has 1 aliphatic heterocycles. The lowest BCUT2D eigenvalue weighted by molar-refractivity contribution is -0.384. The van der Waals surface area contributed by atoms with Crippen LogP contribution in [0.4, 0.5) is 17.3 Å². The summed E-state index contributed by atoms with van der Waals surface area (Å²) in [5.74, 6) is -0.154. The number of rotatable bonds is 6. The number of non-ortho nitro benzene ring substituents is 1. The van der Waals surface area contributed by atoms with Crippen molar-refractivity contribution in [1.82, 2.24) is 14.5 Å². The third kappa shape index (κ3) is 3.78. The van der Waals surface area contributed by atoms with Crippen molar-refractivity contribution in [1.29, 1.82) is 0 Å². The molecule has 10 nitrogen and oxygen atoms in total. The summed E-state index contributed by atoms with van der Waals surface area (Å²) in [5.41, 5.74) is 2.54. The molecule has 2 amide bonds. The van der Waals surface area contributed by atoms with E-state index in [0.717, 1.165) is 11.0 Å².